The first-order chi connectivity index (χ1) is 9.74. The van der Waals surface area contributed by atoms with Crippen LogP contribution in [-0.2, 0) is 12.8 Å². The molecule has 0 saturated heterocycles. The molecule has 0 radical (unpaired) electrons. The zero-order valence-electron chi connectivity index (χ0n) is 12.1. The number of aryl methyl sites for hydroxylation is 2. The number of hydrogen-bond donors (Lipinski definition) is 2. The summed E-state index contributed by atoms with van der Waals surface area (Å²) in [6.45, 7) is 4.24. The predicted octanol–water partition coefficient (Wildman–Crippen LogP) is 2.49. The van der Waals surface area contributed by atoms with Crippen molar-refractivity contribution in [1.82, 2.24) is 25.9 Å². The van der Waals surface area contributed by atoms with Gasteiger partial charge in [0.25, 0.3) is 0 Å². The van der Waals surface area contributed by atoms with Crippen molar-refractivity contribution in [1.29, 1.82) is 0 Å². The third-order valence-electron chi connectivity index (χ3n) is 4.12. The second kappa shape index (κ2) is 5.71. The van der Waals surface area contributed by atoms with Gasteiger partial charge in [0, 0.05) is 6.04 Å². The smallest absolute Gasteiger partial charge is 0.191 e. The molecule has 0 bridgehead atoms. The van der Waals surface area contributed by atoms with E-state index in [0.717, 1.165) is 0 Å². The highest BCUT2D eigenvalue weighted by molar-refractivity contribution is 5.35. The molecule has 1 aromatic heterocycles. The van der Waals surface area contributed by atoms with Crippen molar-refractivity contribution in [3.8, 4) is 0 Å². The summed E-state index contributed by atoms with van der Waals surface area (Å²) in [4.78, 5) is 0. The zero-order chi connectivity index (χ0) is 13.9. The minimum Gasteiger partial charge on any atom is -0.301 e. The Morgan fingerprint density at radius 3 is 2.65 bits per heavy atom. The summed E-state index contributed by atoms with van der Waals surface area (Å²) in [5.74, 6) is 0.704. The number of rotatable bonds is 4. The Hall–Kier alpha value is -1.75. The molecule has 1 heterocycles. The summed E-state index contributed by atoms with van der Waals surface area (Å²) < 4.78 is 0. The summed E-state index contributed by atoms with van der Waals surface area (Å²) in [5, 5.41) is 17.7. The molecule has 1 aliphatic rings. The Balaban J connectivity index is 1.72. The molecule has 2 aromatic rings. The van der Waals surface area contributed by atoms with Gasteiger partial charge < -0.3 is 5.32 Å². The van der Waals surface area contributed by atoms with Crippen molar-refractivity contribution in [3.63, 3.8) is 0 Å². The molecule has 0 aliphatic heterocycles. The van der Waals surface area contributed by atoms with Crippen molar-refractivity contribution in [2.24, 2.45) is 0 Å². The monoisotopic (exact) mass is 271 g/mol. The fraction of sp³-hybridized carbons (Fsp3) is 0.533. The zero-order valence-corrected chi connectivity index (χ0v) is 12.1. The van der Waals surface area contributed by atoms with Gasteiger partial charge in [-0.2, -0.15) is 5.21 Å². The minimum absolute atomic E-state index is 0.0831. The van der Waals surface area contributed by atoms with Gasteiger partial charge in [0.05, 0.1) is 6.04 Å². The standard InChI is InChI=1S/C15H21N5/c1-10(16-11(2)15-17-19-20-18-15)13-8-7-12-5-3-4-6-14(12)9-13/h7-11,16H,3-6H2,1-2H3,(H,17,18,19,20). The number of nitrogens with zero attached hydrogens (tertiary/aromatic N) is 3. The summed E-state index contributed by atoms with van der Waals surface area (Å²) in [6, 6.07) is 7.25. The Morgan fingerprint density at radius 1 is 1.10 bits per heavy atom. The van der Waals surface area contributed by atoms with Crippen molar-refractivity contribution in [2.75, 3.05) is 0 Å². The van der Waals surface area contributed by atoms with Crippen molar-refractivity contribution < 1.29 is 0 Å². The van der Waals surface area contributed by atoms with E-state index in [0.29, 0.717) is 5.82 Å². The molecule has 0 saturated carbocycles. The van der Waals surface area contributed by atoms with Gasteiger partial charge in [-0.3, -0.25) is 0 Å². The molecule has 5 nitrogen and oxygen atoms in total. The van der Waals surface area contributed by atoms with E-state index in [2.05, 4.69) is 58.0 Å². The lowest BCUT2D eigenvalue weighted by molar-refractivity contribution is 0.476. The maximum atomic E-state index is 4.02. The van der Waals surface area contributed by atoms with Crippen LogP contribution in [0, 0.1) is 0 Å². The van der Waals surface area contributed by atoms with E-state index in [9.17, 15) is 0 Å². The SMILES string of the molecule is CC(NC(C)c1nn[nH]n1)c1ccc2c(c1)CCCC2. The highest BCUT2D eigenvalue weighted by Crippen LogP contribution is 2.25. The van der Waals surface area contributed by atoms with E-state index in [1.165, 1.54) is 42.4 Å². The van der Waals surface area contributed by atoms with Crippen LogP contribution < -0.4 is 5.32 Å². The minimum atomic E-state index is 0.0831. The lowest BCUT2D eigenvalue weighted by Crippen LogP contribution is -2.23. The van der Waals surface area contributed by atoms with E-state index in [4.69, 9.17) is 0 Å². The molecule has 0 fully saturated rings. The average Bonchev–Trinajstić information content (AvgIpc) is 3.01. The maximum Gasteiger partial charge on any atom is 0.191 e. The fourth-order valence-electron chi connectivity index (χ4n) is 2.92. The van der Waals surface area contributed by atoms with Gasteiger partial charge >= 0.3 is 0 Å². The van der Waals surface area contributed by atoms with Crippen LogP contribution in [0.15, 0.2) is 18.2 Å². The third-order valence-corrected chi connectivity index (χ3v) is 4.12. The lowest BCUT2D eigenvalue weighted by Gasteiger charge is -2.21. The molecule has 0 spiro atoms. The summed E-state index contributed by atoms with van der Waals surface area (Å²) in [6.07, 6.45) is 5.10. The van der Waals surface area contributed by atoms with Gasteiger partial charge in [-0.1, -0.05) is 23.4 Å². The van der Waals surface area contributed by atoms with Crippen LogP contribution in [0.3, 0.4) is 0 Å². The molecule has 2 unspecified atom stereocenters. The molecule has 20 heavy (non-hydrogen) atoms. The van der Waals surface area contributed by atoms with Crippen LogP contribution in [0.25, 0.3) is 0 Å². The average molecular weight is 271 g/mol. The van der Waals surface area contributed by atoms with Crippen molar-refractivity contribution >= 4 is 0 Å². The van der Waals surface area contributed by atoms with Gasteiger partial charge in [0.15, 0.2) is 5.82 Å². The maximum absolute atomic E-state index is 4.02. The Morgan fingerprint density at radius 2 is 1.90 bits per heavy atom. The summed E-state index contributed by atoms with van der Waals surface area (Å²) >= 11 is 0. The predicted molar refractivity (Wildman–Crippen MR) is 77.2 cm³/mol. The molecule has 0 amide bonds. The molecule has 5 heteroatoms. The first-order valence-corrected chi connectivity index (χ1v) is 7.35. The first-order valence-electron chi connectivity index (χ1n) is 7.35. The highest BCUT2D eigenvalue weighted by atomic mass is 15.5. The number of fused-ring (bicyclic) bond motifs is 1. The molecule has 2 atom stereocenters. The molecular weight excluding hydrogens is 250 g/mol. The second-order valence-corrected chi connectivity index (χ2v) is 5.62. The second-order valence-electron chi connectivity index (χ2n) is 5.62. The van der Waals surface area contributed by atoms with E-state index in [1.54, 1.807) is 0 Å². The van der Waals surface area contributed by atoms with Gasteiger partial charge in [0.1, 0.15) is 0 Å². The van der Waals surface area contributed by atoms with Gasteiger partial charge in [0.2, 0.25) is 0 Å². The van der Waals surface area contributed by atoms with Gasteiger partial charge in [-0.25, -0.2) is 0 Å². The van der Waals surface area contributed by atoms with E-state index < -0.39 is 0 Å². The summed E-state index contributed by atoms with van der Waals surface area (Å²) in [7, 11) is 0. The third kappa shape index (κ3) is 2.72. The lowest BCUT2D eigenvalue weighted by atomic mass is 9.89. The molecule has 3 rings (SSSR count). The van der Waals surface area contributed by atoms with Crippen LogP contribution >= 0.6 is 0 Å². The molecule has 1 aliphatic carbocycles. The number of hydrogen-bond acceptors (Lipinski definition) is 4. The number of benzene rings is 1. The van der Waals surface area contributed by atoms with Crippen LogP contribution in [0.5, 0.6) is 0 Å². The van der Waals surface area contributed by atoms with Crippen molar-refractivity contribution in [2.45, 2.75) is 51.6 Å². The van der Waals surface area contributed by atoms with E-state index in [1.807, 2.05) is 0 Å². The first kappa shape index (κ1) is 13.2. The number of aromatic nitrogens is 4. The largest absolute Gasteiger partial charge is 0.301 e. The van der Waals surface area contributed by atoms with E-state index in [-0.39, 0.29) is 12.1 Å². The number of tetrazole rings is 1. The molecular formula is C15H21N5. The molecule has 2 N–H and O–H groups in total. The van der Waals surface area contributed by atoms with Gasteiger partial charge in [-0.15, -0.1) is 10.2 Å². The van der Waals surface area contributed by atoms with Crippen molar-refractivity contribution in [3.05, 3.63) is 40.7 Å². The normalized spacial score (nSPS) is 17.5. The van der Waals surface area contributed by atoms with Crippen LogP contribution in [0.2, 0.25) is 0 Å². The quantitative estimate of drug-likeness (QED) is 0.896. The van der Waals surface area contributed by atoms with E-state index >= 15 is 0 Å². The van der Waals surface area contributed by atoms with Crippen LogP contribution in [0.1, 0.15) is 61.3 Å². The molecule has 1 aromatic carbocycles. The summed E-state index contributed by atoms with van der Waals surface area (Å²) in [5.41, 5.74) is 4.38. The topological polar surface area (TPSA) is 66.5 Å². The number of aromatic amines is 1. The van der Waals surface area contributed by atoms with Crippen LogP contribution in [0.4, 0.5) is 0 Å². The Bertz CT molecular complexity index is 564. The number of nitrogens with one attached hydrogen (secondary N) is 2. The Kier molecular flexibility index (Phi) is 3.78. The Labute approximate surface area is 119 Å². The fourth-order valence-corrected chi connectivity index (χ4v) is 2.92. The van der Waals surface area contributed by atoms with Gasteiger partial charge in [-0.05, 0) is 56.2 Å². The molecule has 106 valence electrons. The highest BCUT2D eigenvalue weighted by Gasteiger charge is 2.16. The van der Waals surface area contributed by atoms with Crippen LogP contribution in [-0.4, -0.2) is 20.6 Å². The number of H-pyrrole nitrogens is 1.